The standard InChI is InChI=1S/C7H15NO3/c1-3-4-5-6-7(9)8(10)11-2/h10H,3-6H2,1-2H3. The molecule has 0 aliphatic rings. The summed E-state index contributed by atoms with van der Waals surface area (Å²) >= 11 is 0. The van der Waals surface area contributed by atoms with Gasteiger partial charge in [-0.25, -0.2) is 4.84 Å². The second kappa shape index (κ2) is 6.12. The predicted molar refractivity (Wildman–Crippen MR) is 39.8 cm³/mol. The van der Waals surface area contributed by atoms with Gasteiger partial charge in [-0.05, 0) is 6.42 Å². The predicted octanol–water partition coefficient (Wildman–Crippen LogP) is 1.35. The maximum atomic E-state index is 10.8. The topological polar surface area (TPSA) is 49.8 Å². The van der Waals surface area contributed by atoms with Crippen LogP contribution in [0, 0.1) is 0 Å². The minimum Gasteiger partial charge on any atom is -0.270 e. The van der Waals surface area contributed by atoms with E-state index in [1.54, 1.807) is 0 Å². The summed E-state index contributed by atoms with van der Waals surface area (Å²) in [7, 11) is 1.25. The van der Waals surface area contributed by atoms with Crippen molar-refractivity contribution in [1.82, 2.24) is 5.23 Å². The Bertz CT molecular complexity index is 116. The molecule has 0 saturated heterocycles. The summed E-state index contributed by atoms with van der Waals surface area (Å²) in [6.45, 7) is 2.05. The zero-order valence-corrected chi connectivity index (χ0v) is 7.04. The molecule has 0 unspecified atom stereocenters. The molecule has 0 aliphatic heterocycles. The van der Waals surface area contributed by atoms with E-state index >= 15 is 0 Å². The summed E-state index contributed by atoms with van der Waals surface area (Å²) in [6, 6.07) is 0. The van der Waals surface area contributed by atoms with Crippen LogP contribution in [0.25, 0.3) is 0 Å². The van der Waals surface area contributed by atoms with Crippen LogP contribution >= 0.6 is 0 Å². The fraction of sp³-hybridized carbons (Fsp3) is 0.857. The van der Waals surface area contributed by atoms with Crippen LogP contribution < -0.4 is 0 Å². The second-order valence-electron chi connectivity index (χ2n) is 2.31. The van der Waals surface area contributed by atoms with E-state index in [0.717, 1.165) is 19.3 Å². The Morgan fingerprint density at radius 3 is 2.64 bits per heavy atom. The van der Waals surface area contributed by atoms with Crippen molar-refractivity contribution in [3.8, 4) is 0 Å². The number of carbonyl (C=O) groups excluding carboxylic acids is 1. The Labute approximate surface area is 66.7 Å². The molecule has 0 radical (unpaired) electrons. The average molecular weight is 161 g/mol. The van der Waals surface area contributed by atoms with E-state index in [4.69, 9.17) is 5.21 Å². The number of hydrogen-bond acceptors (Lipinski definition) is 3. The molecule has 0 spiro atoms. The molecule has 0 aromatic heterocycles. The molecular formula is C7H15NO3. The van der Waals surface area contributed by atoms with Crippen LogP contribution in [0.15, 0.2) is 0 Å². The molecule has 0 aromatic carbocycles. The third-order valence-electron chi connectivity index (χ3n) is 1.38. The molecular weight excluding hydrogens is 146 g/mol. The first-order valence-electron chi connectivity index (χ1n) is 3.78. The molecule has 4 nitrogen and oxygen atoms in total. The first-order valence-corrected chi connectivity index (χ1v) is 3.78. The van der Waals surface area contributed by atoms with Gasteiger partial charge in [0.1, 0.15) is 0 Å². The lowest BCUT2D eigenvalue weighted by Crippen LogP contribution is -2.25. The lowest BCUT2D eigenvalue weighted by atomic mass is 10.2. The molecule has 0 heterocycles. The third-order valence-corrected chi connectivity index (χ3v) is 1.38. The molecule has 11 heavy (non-hydrogen) atoms. The number of amides is 1. The summed E-state index contributed by atoms with van der Waals surface area (Å²) in [5.41, 5.74) is 0. The smallest absolute Gasteiger partial charge is 0.270 e. The van der Waals surface area contributed by atoms with E-state index in [1.165, 1.54) is 7.11 Å². The highest BCUT2D eigenvalue weighted by atomic mass is 16.9. The maximum absolute atomic E-state index is 10.8. The van der Waals surface area contributed by atoms with Crippen LogP contribution in [0.5, 0.6) is 0 Å². The highest BCUT2D eigenvalue weighted by Gasteiger charge is 2.08. The zero-order valence-electron chi connectivity index (χ0n) is 7.04. The lowest BCUT2D eigenvalue weighted by Gasteiger charge is -2.09. The van der Waals surface area contributed by atoms with Crippen molar-refractivity contribution in [2.75, 3.05) is 7.11 Å². The Morgan fingerprint density at radius 1 is 1.55 bits per heavy atom. The van der Waals surface area contributed by atoms with Gasteiger partial charge in [0.2, 0.25) is 0 Å². The molecule has 1 N–H and O–H groups in total. The van der Waals surface area contributed by atoms with E-state index in [9.17, 15) is 4.79 Å². The van der Waals surface area contributed by atoms with Gasteiger partial charge in [-0.2, -0.15) is 0 Å². The van der Waals surface area contributed by atoms with Crippen molar-refractivity contribution in [2.45, 2.75) is 32.6 Å². The van der Waals surface area contributed by atoms with Gasteiger partial charge >= 0.3 is 0 Å². The molecule has 0 rings (SSSR count). The minimum atomic E-state index is -0.388. The van der Waals surface area contributed by atoms with Crippen LogP contribution in [0.3, 0.4) is 0 Å². The van der Waals surface area contributed by atoms with Crippen molar-refractivity contribution < 1.29 is 14.8 Å². The Hall–Kier alpha value is -0.610. The van der Waals surface area contributed by atoms with E-state index < -0.39 is 0 Å². The minimum absolute atomic E-state index is 0.273. The van der Waals surface area contributed by atoms with Gasteiger partial charge in [-0.1, -0.05) is 25.0 Å². The van der Waals surface area contributed by atoms with Crippen LogP contribution in [-0.2, 0) is 9.63 Å². The summed E-state index contributed by atoms with van der Waals surface area (Å²) in [6.07, 6.45) is 3.21. The molecule has 0 atom stereocenters. The Kier molecular flexibility index (Phi) is 5.78. The van der Waals surface area contributed by atoms with Crippen molar-refractivity contribution in [2.24, 2.45) is 0 Å². The van der Waals surface area contributed by atoms with Gasteiger partial charge in [0, 0.05) is 6.42 Å². The number of carbonyl (C=O) groups is 1. The van der Waals surface area contributed by atoms with Gasteiger partial charge < -0.3 is 0 Å². The molecule has 0 saturated carbocycles. The highest BCUT2D eigenvalue weighted by Crippen LogP contribution is 2.01. The number of hydrogen-bond donors (Lipinski definition) is 1. The molecule has 0 bridgehead atoms. The Balaban J connectivity index is 3.36. The maximum Gasteiger partial charge on any atom is 0.273 e. The van der Waals surface area contributed by atoms with E-state index in [0.29, 0.717) is 6.42 Å². The number of hydroxylamine groups is 2. The Morgan fingerprint density at radius 2 is 2.18 bits per heavy atom. The molecule has 0 fully saturated rings. The van der Waals surface area contributed by atoms with Crippen LogP contribution in [0.1, 0.15) is 32.6 Å². The summed E-state index contributed by atoms with van der Waals surface area (Å²) in [5, 5.41) is 8.96. The number of nitrogens with zero attached hydrogens (tertiary/aromatic N) is 1. The van der Waals surface area contributed by atoms with Crippen LogP contribution in [-0.4, -0.2) is 23.5 Å². The highest BCUT2D eigenvalue weighted by molar-refractivity contribution is 5.73. The van der Waals surface area contributed by atoms with Gasteiger partial charge in [-0.3, -0.25) is 10.0 Å². The molecule has 0 aliphatic carbocycles. The second-order valence-corrected chi connectivity index (χ2v) is 2.31. The van der Waals surface area contributed by atoms with Crippen molar-refractivity contribution in [1.29, 1.82) is 0 Å². The molecule has 0 aromatic rings. The monoisotopic (exact) mass is 161 g/mol. The van der Waals surface area contributed by atoms with E-state index in [-0.39, 0.29) is 11.1 Å². The first-order chi connectivity index (χ1) is 5.22. The van der Waals surface area contributed by atoms with Gasteiger partial charge in [0.25, 0.3) is 5.91 Å². The summed E-state index contributed by atoms with van der Waals surface area (Å²) in [5.74, 6) is -0.388. The summed E-state index contributed by atoms with van der Waals surface area (Å²) < 4.78 is 0. The van der Waals surface area contributed by atoms with Crippen molar-refractivity contribution in [3.05, 3.63) is 0 Å². The largest absolute Gasteiger partial charge is 0.273 e. The van der Waals surface area contributed by atoms with Crippen molar-refractivity contribution in [3.63, 3.8) is 0 Å². The fourth-order valence-corrected chi connectivity index (χ4v) is 0.724. The lowest BCUT2D eigenvalue weighted by molar-refractivity contribution is -0.301. The zero-order chi connectivity index (χ0) is 8.69. The molecule has 66 valence electrons. The van der Waals surface area contributed by atoms with Crippen molar-refractivity contribution >= 4 is 5.91 Å². The summed E-state index contributed by atoms with van der Waals surface area (Å²) in [4.78, 5) is 15.1. The van der Waals surface area contributed by atoms with Gasteiger partial charge in [0.15, 0.2) is 0 Å². The quantitative estimate of drug-likeness (QED) is 0.376. The number of rotatable bonds is 5. The van der Waals surface area contributed by atoms with Crippen LogP contribution in [0.2, 0.25) is 0 Å². The third kappa shape index (κ3) is 4.75. The van der Waals surface area contributed by atoms with E-state index in [2.05, 4.69) is 11.8 Å². The normalized spacial score (nSPS) is 9.73. The van der Waals surface area contributed by atoms with E-state index in [1.807, 2.05) is 0 Å². The van der Waals surface area contributed by atoms with Gasteiger partial charge in [0.05, 0.1) is 7.11 Å². The SMILES string of the molecule is CCCCCC(=O)N(O)OC. The molecule has 4 heteroatoms. The average Bonchev–Trinajstić information content (AvgIpc) is 2.03. The van der Waals surface area contributed by atoms with Gasteiger partial charge in [-0.15, -0.1) is 0 Å². The fourth-order valence-electron chi connectivity index (χ4n) is 0.724. The van der Waals surface area contributed by atoms with Crippen LogP contribution in [0.4, 0.5) is 0 Å². The first kappa shape index (κ1) is 10.4. The number of unbranched alkanes of at least 4 members (excludes halogenated alkanes) is 2. The molecule has 1 amide bonds.